The van der Waals surface area contributed by atoms with Crippen molar-refractivity contribution < 1.29 is 17.9 Å². The van der Waals surface area contributed by atoms with Gasteiger partial charge in [-0.05, 0) is 135 Å². The van der Waals surface area contributed by atoms with Gasteiger partial charge in [0.15, 0.2) is 0 Å². The number of hydrogen-bond donors (Lipinski definition) is 0. The van der Waals surface area contributed by atoms with Crippen molar-refractivity contribution in [3.05, 3.63) is 40.5 Å². The van der Waals surface area contributed by atoms with Gasteiger partial charge in [0.05, 0.1) is 5.56 Å². The number of hydrogen-bond acceptors (Lipinski definition) is 2. The monoisotopic (exact) mass is 531 g/mol. The number of piperidine rings is 1. The van der Waals surface area contributed by atoms with Crippen LogP contribution >= 0.6 is 0 Å². The molecule has 1 aromatic rings. The highest BCUT2D eigenvalue weighted by Crippen LogP contribution is 2.52. The summed E-state index contributed by atoms with van der Waals surface area (Å²) < 4.78 is 47.0. The number of nitrogens with zero attached hydrogens (tertiary/aromatic N) is 1. The lowest BCUT2D eigenvalue weighted by Crippen LogP contribution is -2.46. The van der Waals surface area contributed by atoms with Gasteiger partial charge >= 0.3 is 6.18 Å². The molecule has 5 heteroatoms. The Labute approximate surface area is 228 Å². The molecule has 2 nitrogen and oxygen atoms in total. The second-order valence-electron chi connectivity index (χ2n) is 13.8. The molecule has 6 atom stereocenters. The summed E-state index contributed by atoms with van der Waals surface area (Å²) in [6.07, 6.45) is 3.78. The molecule has 0 N–H and O–H groups in total. The van der Waals surface area contributed by atoms with E-state index in [4.69, 9.17) is 4.74 Å². The molecular formula is C33H48F3NO. The molecule has 2 saturated heterocycles. The lowest BCUT2D eigenvalue weighted by Gasteiger charge is -2.49. The Morgan fingerprint density at radius 1 is 1.11 bits per heavy atom. The van der Waals surface area contributed by atoms with Gasteiger partial charge in [0.1, 0.15) is 0 Å². The Kier molecular flexibility index (Phi) is 8.10. The molecule has 0 amide bonds. The number of halogens is 3. The van der Waals surface area contributed by atoms with E-state index in [0.717, 1.165) is 75.6 Å². The first kappa shape index (κ1) is 28.2. The Morgan fingerprint density at radius 3 is 2.50 bits per heavy atom. The maximum Gasteiger partial charge on any atom is 0.416 e. The molecule has 1 aromatic carbocycles. The Morgan fingerprint density at radius 2 is 1.84 bits per heavy atom. The van der Waals surface area contributed by atoms with Crippen molar-refractivity contribution in [2.75, 3.05) is 32.8 Å². The van der Waals surface area contributed by atoms with Crippen LogP contribution in [-0.4, -0.2) is 37.7 Å². The average molecular weight is 532 g/mol. The summed E-state index contributed by atoms with van der Waals surface area (Å²) in [6, 6.07) is 4.41. The highest BCUT2D eigenvalue weighted by molar-refractivity contribution is 5.74. The summed E-state index contributed by atoms with van der Waals surface area (Å²) in [4.78, 5) is 2.66. The number of benzene rings is 1. The van der Waals surface area contributed by atoms with Crippen molar-refractivity contribution in [2.45, 2.75) is 85.7 Å². The average Bonchev–Trinajstić information content (AvgIpc) is 2.88. The highest BCUT2D eigenvalue weighted by atomic mass is 19.4. The van der Waals surface area contributed by atoms with E-state index < -0.39 is 11.7 Å². The molecule has 0 spiro atoms. The standard InChI is InChI=1S/C33H48F3NO/c1-21-6-7-28(33(34,35)36)19-29(21)31-24(4)30-20-37(13-9-32(5)10-14-38-15-11-32)12-8-25(30)17-27(31)18-26-16-22(2)23(26)3/h6-7,19,22-26,30H,8-18,20H2,1-5H3/t22?,23?,24-,25?,26?,30?/m1/s1. The summed E-state index contributed by atoms with van der Waals surface area (Å²) in [7, 11) is 0. The van der Waals surface area contributed by atoms with Crippen molar-refractivity contribution in [3.8, 4) is 0 Å². The third-order valence-corrected chi connectivity index (χ3v) is 11.3. The molecule has 1 saturated carbocycles. The molecule has 2 aliphatic heterocycles. The predicted molar refractivity (Wildman–Crippen MR) is 149 cm³/mol. The van der Waals surface area contributed by atoms with E-state index in [1.165, 1.54) is 42.5 Å². The van der Waals surface area contributed by atoms with E-state index >= 15 is 0 Å². The lowest BCUT2D eigenvalue weighted by molar-refractivity contribution is -0.137. The van der Waals surface area contributed by atoms with Gasteiger partial charge in [0.2, 0.25) is 0 Å². The van der Waals surface area contributed by atoms with Crippen LogP contribution in [0.5, 0.6) is 0 Å². The second-order valence-corrected chi connectivity index (χ2v) is 13.8. The van der Waals surface area contributed by atoms with Crippen LogP contribution in [0.25, 0.3) is 5.57 Å². The zero-order valence-corrected chi connectivity index (χ0v) is 24.2. The van der Waals surface area contributed by atoms with Crippen LogP contribution in [0, 0.1) is 47.8 Å². The normalized spacial score (nSPS) is 34.1. The second kappa shape index (κ2) is 10.9. The Hall–Kier alpha value is -1.33. The van der Waals surface area contributed by atoms with E-state index in [2.05, 4.69) is 32.6 Å². The van der Waals surface area contributed by atoms with Gasteiger partial charge in [0.25, 0.3) is 0 Å². The molecule has 4 aliphatic rings. The number of aryl methyl sites for hydroxylation is 1. The number of alkyl halides is 3. The summed E-state index contributed by atoms with van der Waals surface area (Å²) in [5.41, 5.74) is 4.41. The predicted octanol–water partition coefficient (Wildman–Crippen LogP) is 8.63. The molecule has 5 unspecified atom stereocenters. The highest BCUT2D eigenvalue weighted by Gasteiger charge is 2.43. The van der Waals surface area contributed by atoms with Crippen LogP contribution in [0.1, 0.15) is 89.3 Å². The van der Waals surface area contributed by atoms with E-state index in [1.54, 1.807) is 6.07 Å². The largest absolute Gasteiger partial charge is 0.416 e. The summed E-state index contributed by atoms with van der Waals surface area (Å²) in [6.45, 7) is 16.5. The molecule has 212 valence electrons. The van der Waals surface area contributed by atoms with Crippen molar-refractivity contribution in [3.63, 3.8) is 0 Å². The van der Waals surface area contributed by atoms with Crippen LogP contribution in [0.4, 0.5) is 13.2 Å². The maximum atomic E-state index is 13.8. The molecule has 3 fully saturated rings. The lowest BCUT2D eigenvalue weighted by atomic mass is 9.60. The number of fused-ring (bicyclic) bond motifs is 1. The topological polar surface area (TPSA) is 12.5 Å². The SMILES string of the molecule is Cc1ccc(C(F)(F)F)cc1C1=C(CC2CC(C)C2C)CC2CCN(CCC3(C)CCOCC3)CC2[C@H]1C. The summed E-state index contributed by atoms with van der Waals surface area (Å²) in [5.74, 6) is 3.57. The van der Waals surface area contributed by atoms with E-state index in [0.29, 0.717) is 29.1 Å². The van der Waals surface area contributed by atoms with Crippen molar-refractivity contribution in [1.29, 1.82) is 0 Å². The molecule has 0 bridgehead atoms. The van der Waals surface area contributed by atoms with Crippen molar-refractivity contribution >= 4 is 5.57 Å². The van der Waals surface area contributed by atoms with Crippen LogP contribution in [0.15, 0.2) is 23.8 Å². The summed E-state index contributed by atoms with van der Waals surface area (Å²) >= 11 is 0. The van der Waals surface area contributed by atoms with E-state index in [9.17, 15) is 13.2 Å². The van der Waals surface area contributed by atoms with Gasteiger partial charge in [-0.25, -0.2) is 0 Å². The number of allylic oxidation sites excluding steroid dienone is 2. The number of likely N-dealkylation sites (tertiary alicyclic amines) is 1. The zero-order chi connectivity index (χ0) is 27.2. The molecule has 2 heterocycles. The molecular weight excluding hydrogens is 483 g/mol. The van der Waals surface area contributed by atoms with E-state index in [1.807, 2.05) is 6.92 Å². The van der Waals surface area contributed by atoms with Gasteiger partial charge in [0, 0.05) is 19.8 Å². The number of ether oxygens (including phenoxy) is 1. The zero-order valence-electron chi connectivity index (χ0n) is 24.2. The van der Waals surface area contributed by atoms with Gasteiger partial charge in [-0.3, -0.25) is 0 Å². The van der Waals surface area contributed by atoms with Gasteiger partial charge in [-0.15, -0.1) is 0 Å². The van der Waals surface area contributed by atoms with Crippen LogP contribution in [0.2, 0.25) is 0 Å². The van der Waals surface area contributed by atoms with Gasteiger partial charge < -0.3 is 9.64 Å². The fourth-order valence-corrected chi connectivity index (χ4v) is 8.11. The van der Waals surface area contributed by atoms with Gasteiger partial charge in [-0.2, -0.15) is 13.2 Å². The first-order chi connectivity index (χ1) is 17.9. The minimum Gasteiger partial charge on any atom is -0.381 e. The van der Waals surface area contributed by atoms with Crippen LogP contribution in [-0.2, 0) is 10.9 Å². The van der Waals surface area contributed by atoms with Crippen molar-refractivity contribution in [1.82, 2.24) is 4.90 Å². The third-order valence-electron chi connectivity index (χ3n) is 11.3. The molecule has 0 aromatic heterocycles. The van der Waals surface area contributed by atoms with Crippen LogP contribution < -0.4 is 0 Å². The fourth-order valence-electron chi connectivity index (χ4n) is 8.11. The number of rotatable bonds is 6. The first-order valence-electron chi connectivity index (χ1n) is 15.2. The first-order valence-corrected chi connectivity index (χ1v) is 15.2. The Bertz CT molecular complexity index is 1020. The summed E-state index contributed by atoms with van der Waals surface area (Å²) in [5, 5.41) is 0. The smallest absolute Gasteiger partial charge is 0.381 e. The fraction of sp³-hybridized carbons (Fsp3) is 0.758. The van der Waals surface area contributed by atoms with Crippen molar-refractivity contribution in [2.24, 2.45) is 40.9 Å². The minimum absolute atomic E-state index is 0.278. The van der Waals surface area contributed by atoms with E-state index in [-0.39, 0.29) is 5.92 Å². The van der Waals surface area contributed by atoms with Crippen LogP contribution in [0.3, 0.4) is 0 Å². The Balaban J connectivity index is 1.41. The molecule has 2 aliphatic carbocycles. The molecule has 0 radical (unpaired) electrons. The maximum absolute atomic E-state index is 13.8. The van der Waals surface area contributed by atoms with Gasteiger partial charge in [-0.1, -0.05) is 39.3 Å². The molecule has 5 rings (SSSR count). The quantitative estimate of drug-likeness (QED) is 0.364. The minimum atomic E-state index is -4.32. The third kappa shape index (κ3) is 5.75. The molecule has 38 heavy (non-hydrogen) atoms.